The summed E-state index contributed by atoms with van der Waals surface area (Å²) < 4.78 is 80.7. The van der Waals surface area contributed by atoms with Crippen molar-refractivity contribution < 1.29 is 35.9 Å². The van der Waals surface area contributed by atoms with Gasteiger partial charge in [0.15, 0.2) is 0 Å². The molecule has 1 aliphatic rings. The Balaban J connectivity index is 1.95. The van der Waals surface area contributed by atoms with Gasteiger partial charge >= 0.3 is 12.4 Å². The van der Waals surface area contributed by atoms with Crippen molar-refractivity contribution in [3.8, 4) is 0 Å². The lowest BCUT2D eigenvalue weighted by atomic mass is 9.96. The van der Waals surface area contributed by atoms with Crippen LogP contribution in [-0.4, -0.2) is 16.8 Å². The van der Waals surface area contributed by atoms with Crippen LogP contribution in [0.5, 0.6) is 0 Å². The van der Waals surface area contributed by atoms with E-state index in [0.717, 1.165) is 47.5 Å². The van der Waals surface area contributed by atoms with E-state index in [-0.39, 0.29) is 23.2 Å². The first-order valence-electron chi connectivity index (χ1n) is 9.82. The molecule has 4 rings (SSSR count). The van der Waals surface area contributed by atoms with Gasteiger partial charge in [-0.1, -0.05) is 18.2 Å². The van der Waals surface area contributed by atoms with Crippen molar-refractivity contribution in [2.75, 3.05) is 4.90 Å². The van der Waals surface area contributed by atoms with Crippen LogP contribution in [-0.2, 0) is 23.6 Å². The minimum atomic E-state index is -4.85. The van der Waals surface area contributed by atoms with Crippen LogP contribution in [0.2, 0.25) is 0 Å². The lowest BCUT2D eigenvalue weighted by Gasteiger charge is -2.31. The molecule has 0 saturated carbocycles. The Labute approximate surface area is 188 Å². The Morgan fingerprint density at radius 2 is 1.65 bits per heavy atom. The number of fused-ring (bicyclic) bond motifs is 1. The van der Waals surface area contributed by atoms with Gasteiger partial charge < -0.3 is 5.73 Å². The predicted octanol–water partition coefficient (Wildman–Crippen LogP) is 4.90. The fourth-order valence-corrected chi connectivity index (χ4v) is 3.92. The number of nitrogens with two attached hydrogens (primary N) is 1. The summed E-state index contributed by atoms with van der Waals surface area (Å²) >= 11 is 0. The van der Waals surface area contributed by atoms with Crippen molar-refractivity contribution in [2.45, 2.75) is 24.8 Å². The highest BCUT2D eigenvalue weighted by Crippen LogP contribution is 2.43. The van der Waals surface area contributed by atoms with E-state index in [0.29, 0.717) is 5.56 Å². The number of hydrogen-bond donors (Lipinski definition) is 1. The molecule has 1 aliphatic heterocycles. The van der Waals surface area contributed by atoms with Gasteiger partial charge in [-0.05, 0) is 47.5 Å². The smallest absolute Gasteiger partial charge is 0.366 e. The van der Waals surface area contributed by atoms with Crippen molar-refractivity contribution in [1.82, 2.24) is 4.98 Å². The molecule has 0 saturated heterocycles. The molecule has 2 amide bonds. The normalized spacial score (nSPS) is 14.8. The molecule has 0 unspecified atom stereocenters. The second kappa shape index (κ2) is 8.15. The van der Waals surface area contributed by atoms with Gasteiger partial charge in [-0.2, -0.15) is 26.3 Å². The molecular weight excluding hydrogens is 464 g/mol. The highest BCUT2D eigenvalue weighted by molar-refractivity contribution is 6.04. The standard InChI is InChI=1S/C23H15F6N3O2/c24-22(25,26)15-7-5-12(6-8-15)20(19-16(23(27,28)29)2-1-9-31-19)32-17-10-14(21(30)34)4-3-13(17)11-18(32)33/h1-10,20H,11H2,(H2,30,34)/t20-/m0/s1. The van der Waals surface area contributed by atoms with Gasteiger partial charge in [0.2, 0.25) is 11.8 Å². The van der Waals surface area contributed by atoms with E-state index in [1.165, 1.54) is 18.2 Å². The highest BCUT2D eigenvalue weighted by atomic mass is 19.4. The molecule has 34 heavy (non-hydrogen) atoms. The number of anilines is 1. The maximum Gasteiger partial charge on any atom is 0.418 e. The number of benzene rings is 2. The zero-order chi connectivity index (χ0) is 24.8. The lowest BCUT2D eigenvalue weighted by molar-refractivity contribution is -0.139. The molecular formula is C23H15F6N3O2. The second-order valence-corrected chi connectivity index (χ2v) is 7.60. The summed E-state index contributed by atoms with van der Waals surface area (Å²) in [6.07, 6.45) is -8.60. The van der Waals surface area contributed by atoms with Crippen LogP contribution in [0.4, 0.5) is 32.0 Å². The average Bonchev–Trinajstić information content (AvgIpc) is 3.08. The first-order valence-corrected chi connectivity index (χ1v) is 9.82. The second-order valence-electron chi connectivity index (χ2n) is 7.60. The van der Waals surface area contributed by atoms with Crippen molar-refractivity contribution in [3.63, 3.8) is 0 Å². The first-order chi connectivity index (χ1) is 15.9. The van der Waals surface area contributed by atoms with Crippen LogP contribution in [0.15, 0.2) is 60.8 Å². The number of primary amides is 1. The van der Waals surface area contributed by atoms with Crippen molar-refractivity contribution >= 4 is 17.5 Å². The third-order valence-corrected chi connectivity index (χ3v) is 5.45. The summed E-state index contributed by atoms with van der Waals surface area (Å²) in [6, 6.07) is 7.90. The van der Waals surface area contributed by atoms with E-state index in [1.54, 1.807) is 0 Å². The molecule has 2 N–H and O–H groups in total. The van der Waals surface area contributed by atoms with Gasteiger partial charge in [-0.15, -0.1) is 0 Å². The van der Waals surface area contributed by atoms with Crippen LogP contribution in [0.3, 0.4) is 0 Å². The third kappa shape index (κ3) is 4.20. The van der Waals surface area contributed by atoms with E-state index in [4.69, 9.17) is 5.73 Å². The van der Waals surface area contributed by atoms with Gasteiger partial charge in [-0.25, -0.2) is 0 Å². The zero-order valence-corrected chi connectivity index (χ0v) is 17.1. The highest BCUT2D eigenvalue weighted by Gasteiger charge is 2.42. The molecule has 1 aromatic heterocycles. The van der Waals surface area contributed by atoms with Gasteiger partial charge in [0.05, 0.1) is 23.2 Å². The molecule has 2 heterocycles. The molecule has 176 valence electrons. The number of nitrogens with zero attached hydrogens (tertiary/aromatic N) is 2. The molecule has 11 heteroatoms. The summed E-state index contributed by atoms with van der Waals surface area (Å²) in [5.74, 6) is -1.43. The number of halogens is 6. The number of hydrogen-bond acceptors (Lipinski definition) is 3. The summed E-state index contributed by atoms with van der Waals surface area (Å²) in [5.41, 5.74) is 3.14. The van der Waals surface area contributed by atoms with Crippen LogP contribution in [0, 0.1) is 0 Å². The average molecular weight is 479 g/mol. The Morgan fingerprint density at radius 1 is 0.971 bits per heavy atom. The number of alkyl halides is 6. The molecule has 0 fully saturated rings. The van der Waals surface area contributed by atoms with Crippen LogP contribution < -0.4 is 10.6 Å². The zero-order valence-electron chi connectivity index (χ0n) is 17.1. The SMILES string of the molecule is NC(=O)c1ccc2c(c1)N([C@@H](c1ccc(C(F)(F)F)cc1)c1ncccc1C(F)(F)F)C(=O)C2. The largest absolute Gasteiger partial charge is 0.418 e. The van der Waals surface area contributed by atoms with Crippen molar-refractivity contribution in [1.29, 1.82) is 0 Å². The van der Waals surface area contributed by atoms with E-state index in [2.05, 4.69) is 4.98 Å². The molecule has 5 nitrogen and oxygen atoms in total. The monoisotopic (exact) mass is 479 g/mol. The van der Waals surface area contributed by atoms with E-state index in [9.17, 15) is 35.9 Å². The first kappa shape index (κ1) is 23.3. The Kier molecular flexibility index (Phi) is 5.58. The number of rotatable bonds is 4. The van der Waals surface area contributed by atoms with Crippen molar-refractivity contribution in [3.05, 3.63) is 94.3 Å². The molecule has 2 aromatic carbocycles. The van der Waals surface area contributed by atoms with E-state index in [1.807, 2.05) is 0 Å². The topological polar surface area (TPSA) is 76.3 Å². The molecule has 0 radical (unpaired) electrons. The molecule has 0 aliphatic carbocycles. The van der Waals surface area contributed by atoms with E-state index < -0.39 is 47.0 Å². The summed E-state index contributed by atoms with van der Waals surface area (Å²) in [5, 5.41) is 0. The fraction of sp³-hybridized carbons (Fsp3) is 0.174. The number of amides is 2. The van der Waals surface area contributed by atoms with Gasteiger partial charge in [0, 0.05) is 17.4 Å². The minimum Gasteiger partial charge on any atom is -0.366 e. The predicted molar refractivity (Wildman–Crippen MR) is 109 cm³/mol. The van der Waals surface area contributed by atoms with Gasteiger partial charge in [0.25, 0.3) is 0 Å². The molecule has 3 aromatic rings. The van der Waals surface area contributed by atoms with E-state index >= 15 is 0 Å². The minimum absolute atomic E-state index is 0.0154. The Hall–Kier alpha value is -3.89. The van der Waals surface area contributed by atoms with Crippen LogP contribution in [0.25, 0.3) is 0 Å². The number of carbonyl (C=O) groups is 2. The number of pyridine rings is 1. The van der Waals surface area contributed by atoms with Crippen LogP contribution in [0.1, 0.15) is 44.3 Å². The third-order valence-electron chi connectivity index (χ3n) is 5.45. The van der Waals surface area contributed by atoms with Gasteiger partial charge in [-0.3, -0.25) is 19.5 Å². The van der Waals surface area contributed by atoms with Crippen LogP contribution >= 0.6 is 0 Å². The fourth-order valence-electron chi connectivity index (χ4n) is 3.92. The van der Waals surface area contributed by atoms with Gasteiger partial charge in [0.1, 0.15) is 6.04 Å². The maximum atomic E-state index is 13.8. The molecule has 0 spiro atoms. The Bertz CT molecular complexity index is 1270. The molecule has 1 atom stereocenters. The lowest BCUT2D eigenvalue weighted by Crippen LogP contribution is -2.34. The maximum absolute atomic E-state index is 13.8. The Morgan fingerprint density at radius 3 is 2.24 bits per heavy atom. The quantitative estimate of drug-likeness (QED) is 0.541. The van der Waals surface area contributed by atoms with Crippen molar-refractivity contribution in [2.24, 2.45) is 5.73 Å². The molecule has 0 bridgehead atoms. The summed E-state index contributed by atoms with van der Waals surface area (Å²) in [4.78, 5) is 29.6. The number of aromatic nitrogens is 1. The summed E-state index contributed by atoms with van der Waals surface area (Å²) in [6.45, 7) is 0. The number of carbonyl (C=O) groups excluding carboxylic acids is 2. The summed E-state index contributed by atoms with van der Waals surface area (Å²) in [7, 11) is 0.